The summed E-state index contributed by atoms with van der Waals surface area (Å²) in [5, 5.41) is 31.2. The van der Waals surface area contributed by atoms with Gasteiger partial charge in [0.05, 0.1) is 6.61 Å². The van der Waals surface area contributed by atoms with Crippen LogP contribution in [-0.2, 0) is 40.5 Å². The van der Waals surface area contributed by atoms with Gasteiger partial charge in [-0.05, 0) is 24.1 Å². The summed E-state index contributed by atoms with van der Waals surface area (Å²) in [6, 6.07) is 7.09. The quantitative estimate of drug-likeness (QED) is 0.204. The predicted molar refractivity (Wildman–Crippen MR) is 113 cm³/mol. The number of hydrogen-bond donors (Lipinski definition) is 3. The molecule has 1 fully saturated rings. The summed E-state index contributed by atoms with van der Waals surface area (Å²) in [7, 11) is -24.3. The number of phosphoric ester groups is 2. The maximum atomic E-state index is 11.9. The summed E-state index contributed by atoms with van der Waals surface area (Å²) < 4.78 is 72.3. The van der Waals surface area contributed by atoms with Gasteiger partial charge in [-0.15, -0.1) is 0 Å². The van der Waals surface area contributed by atoms with Crippen LogP contribution in [0, 0.1) is 0 Å². The van der Waals surface area contributed by atoms with Crippen molar-refractivity contribution in [2.24, 2.45) is 0 Å². The molecule has 1 saturated heterocycles. The zero-order valence-electron chi connectivity index (χ0n) is 18.7. The van der Waals surface area contributed by atoms with Crippen molar-refractivity contribution in [1.82, 2.24) is 9.55 Å². The Morgan fingerprint density at radius 2 is 1.54 bits per heavy atom. The molecule has 218 valence electrons. The molecule has 8 unspecified atom stereocenters. The van der Waals surface area contributed by atoms with Crippen molar-refractivity contribution >= 4 is 31.3 Å². The van der Waals surface area contributed by atoms with Gasteiger partial charge in [-0.3, -0.25) is 18.3 Å². The van der Waals surface area contributed by atoms with Crippen molar-refractivity contribution in [1.29, 1.82) is 0 Å². The fourth-order valence-electron chi connectivity index (χ4n) is 2.91. The number of benzene rings is 1. The lowest BCUT2D eigenvalue weighted by Crippen LogP contribution is -2.36. The zero-order valence-corrected chi connectivity index (χ0v) is 22.3. The van der Waals surface area contributed by atoms with E-state index < -0.39 is 79.8 Å². The van der Waals surface area contributed by atoms with Crippen molar-refractivity contribution in [3.8, 4) is 11.6 Å². The molecule has 24 heteroatoms. The number of nitrogens with zero attached hydrogens (tertiary/aromatic N) is 2. The summed E-state index contributed by atoms with van der Waals surface area (Å²) in [6.45, 7) is -1.24. The molecule has 3 N–H and O–H groups in total. The molecule has 0 amide bonds. The minimum Gasteiger partial charge on any atom is -0.858 e. The highest BCUT2D eigenvalue weighted by Gasteiger charge is 2.45. The molecule has 8 atom stereocenters. The normalized spacial score (nSPS) is 27.5. The Morgan fingerprint density at radius 1 is 0.923 bits per heavy atom. The molecule has 0 spiro atoms. The van der Waals surface area contributed by atoms with Crippen LogP contribution in [0.1, 0.15) is 6.23 Å². The van der Waals surface area contributed by atoms with Crippen LogP contribution in [0.25, 0.3) is 0 Å². The summed E-state index contributed by atoms with van der Waals surface area (Å²) in [6.07, 6.45) is -6.35. The number of para-hydroxylation sites is 1. The average Bonchev–Trinajstić information content (AvgIpc) is 3.04. The molecule has 1 aliphatic heterocycles. The third kappa shape index (κ3) is 9.09. The van der Waals surface area contributed by atoms with E-state index in [1.54, 1.807) is 0 Å². The minimum atomic E-state index is -6.40. The summed E-state index contributed by atoms with van der Waals surface area (Å²) >= 11 is 0. The van der Waals surface area contributed by atoms with Crippen LogP contribution in [0.2, 0.25) is 0 Å². The maximum absolute atomic E-state index is 11.9. The Balaban J connectivity index is 1.59. The maximum Gasteiger partial charge on any atom is 0.485 e. The Bertz CT molecular complexity index is 1420. The largest absolute Gasteiger partial charge is 0.858 e. The minimum absolute atomic E-state index is 0.401. The Hall–Kier alpha value is -1.82. The second-order valence-electron chi connectivity index (χ2n) is 7.26. The third-order valence-electron chi connectivity index (χ3n) is 4.38. The molecule has 0 bridgehead atoms. The van der Waals surface area contributed by atoms with Gasteiger partial charge in [0.1, 0.15) is 24.1 Å². The van der Waals surface area contributed by atoms with Gasteiger partial charge in [0, 0.05) is 6.20 Å². The van der Waals surface area contributed by atoms with Gasteiger partial charge in [0.25, 0.3) is 15.6 Å². The number of aliphatic hydroxyl groups is 2. The molecule has 2 heterocycles. The number of rotatable bonds is 12. The van der Waals surface area contributed by atoms with E-state index in [0.29, 0.717) is 4.57 Å². The highest BCUT2D eigenvalue weighted by molar-refractivity contribution is 7.68. The van der Waals surface area contributed by atoms with E-state index in [1.807, 2.05) is 0 Å². The number of phosphoric acid groups is 4. The Kier molecular flexibility index (Phi) is 9.73. The first kappa shape index (κ1) is 31.7. The van der Waals surface area contributed by atoms with Gasteiger partial charge in [-0.25, -0.2) is 27.3 Å². The summed E-state index contributed by atoms with van der Waals surface area (Å²) in [5.74, 6) is -1.32. The molecule has 0 radical (unpaired) electrons. The first-order valence-electron chi connectivity index (χ1n) is 9.96. The van der Waals surface area contributed by atoms with Crippen molar-refractivity contribution in [3.05, 3.63) is 53.1 Å². The van der Waals surface area contributed by atoms with Crippen LogP contribution >= 0.6 is 31.3 Å². The van der Waals surface area contributed by atoms with Crippen molar-refractivity contribution in [2.75, 3.05) is 6.61 Å². The van der Waals surface area contributed by atoms with Crippen LogP contribution < -0.4 is 30.0 Å². The van der Waals surface area contributed by atoms with Gasteiger partial charge >= 0.3 is 21.3 Å². The lowest BCUT2D eigenvalue weighted by Gasteiger charge is -2.32. The molecule has 1 aliphatic rings. The molecular weight excluding hydrogens is 620 g/mol. The Morgan fingerprint density at radius 3 is 2.15 bits per heavy atom. The summed E-state index contributed by atoms with van der Waals surface area (Å²) in [5.41, 5.74) is -1.19. The molecule has 2 aromatic rings. The molecule has 0 aliphatic carbocycles. The number of aliphatic hydroxyl groups excluding tert-OH is 2. The van der Waals surface area contributed by atoms with E-state index in [4.69, 9.17) is 4.74 Å². The molecular formula is C15H16N2O18P4-4. The lowest BCUT2D eigenvalue weighted by molar-refractivity contribution is -0.275. The van der Waals surface area contributed by atoms with Crippen LogP contribution in [0.15, 0.2) is 47.4 Å². The molecule has 39 heavy (non-hydrogen) atoms. The fourth-order valence-corrected chi connectivity index (χ4v) is 7.72. The second kappa shape index (κ2) is 12.0. The third-order valence-corrected chi connectivity index (χ3v) is 10.1. The first-order valence-corrected chi connectivity index (χ1v) is 15.8. The van der Waals surface area contributed by atoms with Crippen molar-refractivity contribution < 1.29 is 79.9 Å². The van der Waals surface area contributed by atoms with Crippen molar-refractivity contribution in [2.45, 2.75) is 24.5 Å². The first-order chi connectivity index (χ1) is 17.9. The summed E-state index contributed by atoms with van der Waals surface area (Å²) in [4.78, 5) is 59.8. The van der Waals surface area contributed by atoms with Gasteiger partial charge in [-0.2, -0.15) is 0 Å². The van der Waals surface area contributed by atoms with Gasteiger partial charge in [0.15, 0.2) is 6.23 Å². The smallest absolute Gasteiger partial charge is 0.485 e. The highest BCUT2D eigenvalue weighted by atomic mass is 31.3. The van der Waals surface area contributed by atoms with Crippen LogP contribution in [0.5, 0.6) is 11.6 Å². The van der Waals surface area contributed by atoms with E-state index in [9.17, 15) is 57.9 Å². The topological polar surface area (TPSA) is 311 Å². The van der Waals surface area contributed by atoms with E-state index in [0.717, 1.165) is 24.4 Å². The Labute approximate surface area is 217 Å². The molecule has 20 nitrogen and oxygen atoms in total. The van der Waals surface area contributed by atoms with Gasteiger partial charge < -0.3 is 48.7 Å². The SMILES string of the molecule is O=c1nc([O-])ccn1C1OC(COP(=O)([O-])OP(=O)([O-])OP(=O)(O)OP(=O)([O-])Oc2ccccc2)C(O)C1O. The van der Waals surface area contributed by atoms with E-state index >= 15 is 0 Å². The second-order valence-corrected chi connectivity index (χ2v) is 13.3. The number of aromatic nitrogens is 2. The fraction of sp³-hybridized carbons (Fsp3) is 0.333. The van der Waals surface area contributed by atoms with Gasteiger partial charge in [-0.1, -0.05) is 18.2 Å². The monoisotopic (exact) mass is 636 g/mol. The number of ether oxygens (including phenoxy) is 1. The van der Waals surface area contributed by atoms with E-state index in [1.165, 1.54) is 18.2 Å². The highest BCUT2D eigenvalue weighted by Crippen LogP contribution is 2.68. The molecule has 0 saturated carbocycles. The lowest BCUT2D eigenvalue weighted by atomic mass is 10.1. The standard InChI is InChI=1S/C15H20N2O18P4/c18-11-6-7-17(15(21)16-11)14-13(20)12(19)10(31-14)8-30-36(22,23)33-38(26,27)35-39(28,29)34-37(24,25)32-9-4-2-1-3-5-9/h1-7,10,12-14,19-20H,8H2,(H,22,23)(H,24,25)(H,26,27)(H,28,29)(H,16,18,21)/p-4. The van der Waals surface area contributed by atoms with Crippen LogP contribution in [0.4, 0.5) is 0 Å². The predicted octanol–water partition coefficient (Wildman–Crippen LogP) is -2.41. The zero-order chi connectivity index (χ0) is 29.2. The van der Waals surface area contributed by atoms with E-state index in [2.05, 4.69) is 27.0 Å². The molecule has 1 aromatic carbocycles. The number of hydrogen-bond acceptors (Lipinski definition) is 18. The van der Waals surface area contributed by atoms with Crippen LogP contribution in [0.3, 0.4) is 0 Å². The van der Waals surface area contributed by atoms with Crippen LogP contribution in [-0.4, -0.2) is 49.6 Å². The molecule has 1 aromatic heterocycles. The van der Waals surface area contributed by atoms with E-state index in [-0.39, 0.29) is 0 Å². The average molecular weight is 636 g/mol. The van der Waals surface area contributed by atoms with Crippen molar-refractivity contribution in [3.63, 3.8) is 0 Å². The van der Waals surface area contributed by atoms with Gasteiger partial charge in [0.2, 0.25) is 0 Å². The molecule has 3 rings (SSSR count).